The van der Waals surface area contributed by atoms with E-state index in [0.29, 0.717) is 10.2 Å². The molecule has 0 amide bonds. The van der Waals surface area contributed by atoms with Crippen molar-refractivity contribution in [2.24, 2.45) is 0 Å². The second-order valence-electron chi connectivity index (χ2n) is 4.61. The largest absolute Gasteiger partial charge is 0.481 e. The first-order chi connectivity index (χ1) is 9.90. The number of carbonyl (C=O) groups is 1. The maximum Gasteiger partial charge on any atom is 0.313 e. The lowest BCUT2D eigenvalue weighted by Gasteiger charge is -2.13. The van der Waals surface area contributed by atoms with E-state index in [1.807, 2.05) is 24.5 Å². The van der Waals surface area contributed by atoms with E-state index in [9.17, 15) is 4.79 Å². The summed E-state index contributed by atoms with van der Waals surface area (Å²) in [5, 5.41) is 18.2. The van der Waals surface area contributed by atoms with Crippen LogP contribution in [0.1, 0.15) is 25.6 Å². The molecule has 0 atom stereocenters. The Labute approximate surface area is 139 Å². The standard InChI is InChI=1S/C13H13BrClN3O2S/c1-7(2)12-16-17-13(21-6-11(19)20)18(12)10-5-8(15)3-4-9(10)14/h3-5,7H,6H2,1-2H3,(H,19,20). The van der Waals surface area contributed by atoms with Gasteiger partial charge in [0, 0.05) is 15.4 Å². The fraction of sp³-hybridized carbons (Fsp3) is 0.308. The highest BCUT2D eigenvalue weighted by Gasteiger charge is 2.19. The summed E-state index contributed by atoms with van der Waals surface area (Å²) in [6, 6.07) is 5.41. The number of hydrogen-bond acceptors (Lipinski definition) is 4. The van der Waals surface area contributed by atoms with Crippen molar-refractivity contribution < 1.29 is 9.90 Å². The number of benzene rings is 1. The molecule has 0 radical (unpaired) electrons. The molecule has 2 aromatic rings. The van der Waals surface area contributed by atoms with E-state index < -0.39 is 5.97 Å². The molecule has 0 saturated heterocycles. The molecule has 1 aromatic carbocycles. The van der Waals surface area contributed by atoms with E-state index in [4.69, 9.17) is 16.7 Å². The van der Waals surface area contributed by atoms with E-state index in [2.05, 4.69) is 26.1 Å². The summed E-state index contributed by atoms with van der Waals surface area (Å²) in [5.74, 6) is -0.0757. The molecule has 0 bridgehead atoms. The molecule has 5 nitrogen and oxygen atoms in total. The van der Waals surface area contributed by atoms with Crippen LogP contribution in [-0.2, 0) is 4.79 Å². The zero-order chi connectivity index (χ0) is 15.6. The molecule has 0 aliphatic rings. The van der Waals surface area contributed by atoms with E-state index in [0.717, 1.165) is 27.7 Å². The van der Waals surface area contributed by atoms with Crippen LogP contribution in [-0.4, -0.2) is 31.6 Å². The third-order valence-electron chi connectivity index (χ3n) is 2.65. The third-order valence-corrected chi connectivity index (χ3v) is 4.47. The fourth-order valence-electron chi connectivity index (χ4n) is 1.76. The van der Waals surface area contributed by atoms with Crippen LogP contribution in [0.5, 0.6) is 0 Å². The molecule has 0 aliphatic carbocycles. The predicted octanol–water partition coefficient (Wildman–Crippen LogP) is 3.98. The smallest absolute Gasteiger partial charge is 0.313 e. The van der Waals surface area contributed by atoms with Gasteiger partial charge in [-0.2, -0.15) is 0 Å². The minimum Gasteiger partial charge on any atom is -0.481 e. The number of halogens is 2. The molecule has 0 fully saturated rings. The van der Waals surface area contributed by atoms with Gasteiger partial charge in [-0.25, -0.2) is 0 Å². The minimum absolute atomic E-state index is 0.0750. The molecule has 1 heterocycles. The van der Waals surface area contributed by atoms with E-state index in [1.54, 1.807) is 12.1 Å². The van der Waals surface area contributed by atoms with Gasteiger partial charge in [-0.3, -0.25) is 9.36 Å². The van der Waals surface area contributed by atoms with Gasteiger partial charge in [0.05, 0.1) is 11.4 Å². The third kappa shape index (κ3) is 3.78. The number of thioether (sulfide) groups is 1. The first-order valence-corrected chi connectivity index (χ1v) is 8.31. The lowest BCUT2D eigenvalue weighted by molar-refractivity contribution is -0.133. The monoisotopic (exact) mass is 389 g/mol. The van der Waals surface area contributed by atoms with Crippen LogP contribution >= 0.6 is 39.3 Å². The van der Waals surface area contributed by atoms with Gasteiger partial charge < -0.3 is 5.11 Å². The first kappa shape index (κ1) is 16.3. The molecule has 112 valence electrons. The SMILES string of the molecule is CC(C)c1nnc(SCC(=O)O)n1-c1cc(Cl)ccc1Br. The number of rotatable bonds is 5. The van der Waals surface area contributed by atoms with Crippen molar-refractivity contribution in [2.45, 2.75) is 24.9 Å². The average Bonchev–Trinajstić information content (AvgIpc) is 2.83. The number of carboxylic acids is 1. The normalized spacial score (nSPS) is 11.1. The lowest BCUT2D eigenvalue weighted by atomic mass is 10.2. The van der Waals surface area contributed by atoms with Crippen LogP contribution in [0.3, 0.4) is 0 Å². The van der Waals surface area contributed by atoms with Crippen LogP contribution in [0.15, 0.2) is 27.8 Å². The van der Waals surface area contributed by atoms with Crippen LogP contribution in [0.25, 0.3) is 5.69 Å². The molecule has 21 heavy (non-hydrogen) atoms. The zero-order valence-electron chi connectivity index (χ0n) is 11.4. The van der Waals surface area contributed by atoms with Crippen LogP contribution < -0.4 is 0 Å². The molecule has 1 N–H and O–H groups in total. The number of aliphatic carboxylic acids is 1. The summed E-state index contributed by atoms with van der Waals surface area (Å²) in [4.78, 5) is 10.8. The zero-order valence-corrected chi connectivity index (χ0v) is 14.5. The van der Waals surface area contributed by atoms with Crippen molar-refractivity contribution in [3.63, 3.8) is 0 Å². The van der Waals surface area contributed by atoms with Crippen LogP contribution in [0.2, 0.25) is 5.02 Å². The Balaban J connectivity index is 2.55. The van der Waals surface area contributed by atoms with Crippen molar-refractivity contribution in [3.05, 3.63) is 33.5 Å². The van der Waals surface area contributed by atoms with Crippen molar-refractivity contribution in [1.29, 1.82) is 0 Å². The predicted molar refractivity (Wildman–Crippen MR) is 86.5 cm³/mol. The molecule has 0 spiro atoms. The average molecular weight is 391 g/mol. The Bertz CT molecular complexity index is 675. The van der Waals surface area contributed by atoms with Gasteiger partial charge in [-0.15, -0.1) is 10.2 Å². The maximum absolute atomic E-state index is 10.8. The summed E-state index contributed by atoms with van der Waals surface area (Å²) < 4.78 is 2.68. The van der Waals surface area contributed by atoms with Gasteiger partial charge in [-0.1, -0.05) is 37.2 Å². The second kappa shape index (κ2) is 6.81. The van der Waals surface area contributed by atoms with Gasteiger partial charge in [0.25, 0.3) is 0 Å². The summed E-state index contributed by atoms with van der Waals surface area (Å²) in [6.07, 6.45) is 0. The summed E-state index contributed by atoms with van der Waals surface area (Å²) in [6.45, 7) is 4.01. The topological polar surface area (TPSA) is 68.0 Å². The molecule has 0 saturated carbocycles. The van der Waals surface area contributed by atoms with Crippen molar-refractivity contribution in [2.75, 3.05) is 5.75 Å². The van der Waals surface area contributed by atoms with E-state index in [1.165, 1.54) is 0 Å². The minimum atomic E-state index is -0.897. The summed E-state index contributed by atoms with van der Waals surface area (Å²) in [7, 11) is 0. The number of nitrogens with zero attached hydrogens (tertiary/aromatic N) is 3. The number of aromatic nitrogens is 3. The molecule has 1 aromatic heterocycles. The molecular weight excluding hydrogens is 378 g/mol. The molecule has 0 aliphatic heterocycles. The quantitative estimate of drug-likeness (QED) is 0.782. The van der Waals surface area contributed by atoms with Crippen molar-refractivity contribution in [1.82, 2.24) is 14.8 Å². The van der Waals surface area contributed by atoms with Gasteiger partial charge in [0.2, 0.25) is 0 Å². The molecular formula is C13H13BrClN3O2S. The Morgan fingerprint density at radius 2 is 2.19 bits per heavy atom. The second-order valence-corrected chi connectivity index (χ2v) is 6.84. The Morgan fingerprint density at radius 1 is 1.48 bits per heavy atom. The molecule has 8 heteroatoms. The Hall–Kier alpha value is -1.05. The van der Waals surface area contributed by atoms with Gasteiger partial charge in [0.1, 0.15) is 5.82 Å². The first-order valence-electron chi connectivity index (χ1n) is 6.15. The van der Waals surface area contributed by atoms with Gasteiger partial charge >= 0.3 is 5.97 Å². The van der Waals surface area contributed by atoms with E-state index in [-0.39, 0.29) is 11.7 Å². The summed E-state index contributed by atoms with van der Waals surface area (Å²) in [5.41, 5.74) is 0.795. The van der Waals surface area contributed by atoms with Crippen molar-refractivity contribution >= 4 is 45.3 Å². The van der Waals surface area contributed by atoms with Crippen LogP contribution in [0.4, 0.5) is 0 Å². The highest BCUT2D eigenvalue weighted by atomic mass is 79.9. The van der Waals surface area contributed by atoms with Crippen molar-refractivity contribution in [3.8, 4) is 5.69 Å². The van der Waals surface area contributed by atoms with E-state index >= 15 is 0 Å². The molecule has 0 unspecified atom stereocenters. The van der Waals surface area contributed by atoms with Crippen LogP contribution in [0, 0.1) is 0 Å². The number of hydrogen-bond donors (Lipinski definition) is 1. The lowest BCUT2D eigenvalue weighted by Crippen LogP contribution is -2.06. The number of carboxylic acid groups (broad SMARTS) is 1. The van der Waals surface area contributed by atoms with Gasteiger partial charge in [-0.05, 0) is 34.1 Å². The highest BCUT2D eigenvalue weighted by molar-refractivity contribution is 9.10. The highest BCUT2D eigenvalue weighted by Crippen LogP contribution is 2.31. The maximum atomic E-state index is 10.8. The molecule has 2 rings (SSSR count). The summed E-state index contributed by atoms with van der Waals surface area (Å²) >= 11 is 10.7. The van der Waals surface area contributed by atoms with Gasteiger partial charge in [0.15, 0.2) is 5.16 Å². The fourth-order valence-corrected chi connectivity index (χ4v) is 3.02. The Morgan fingerprint density at radius 3 is 2.81 bits per heavy atom. The Kier molecular flexibility index (Phi) is 5.29.